The molecule has 3 N–H and O–H groups in total. The van der Waals surface area contributed by atoms with E-state index in [4.69, 9.17) is 18.0 Å². The Balaban J connectivity index is 1.80. The molecule has 3 nitrogen and oxygen atoms in total. The Bertz CT molecular complexity index is 420. The van der Waals surface area contributed by atoms with Gasteiger partial charge in [-0.2, -0.15) is 0 Å². The first-order chi connectivity index (χ1) is 9.93. The van der Waals surface area contributed by atoms with Crippen LogP contribution >= 0.6 is 12.2 Å². The summed E-state index contributed by atoms with van der Waals surface area (Å²) in [6.07, 6.45) is 8.88. The molecule has 0 aliphatic heterocycles. The van der Waals surface area contributed by atoms with Gasteiger partial charge in [-0.15, -0.1) is 0 Å². The Morgan fingerprint density at radius 3 is 1.90 bits per heavy atom. The largest absolute Gasteiger partial charge is 0.391 e. The maximum atomic E-state index is 13.1. The van der Waals surface area contributed by atoms with Gasteiger partial charge < -0.3 is 11.1 Å². The minimum atomic E-state index is -0.490. The lowest BCUT2D eigenvalue weighted by Gasteiger charge is -2.56. The first-order valence-electron chi connectivity index (χ1n) is 8.55. The van der Waals surface area contributed by atoms with Crippen molar-refractivity contribution in [3.05, 3.63) is 0 Å². The molecule has 0 unspecified atom stereocenters. The van der Waals surface area contributed by atoms with Crippen LogP contribution < -0.4 is 11.1 Å². The molecule has 0 aromatic heterocycles. The normalized spacial score (nSPS) is 37.5. The molecular formula is C17H28N2OS. The molecule has 1 amide bonds. The smallest absolute Gasteiger partial charge is 0.227 e. The Hall–Kier alpha value is -0.640. The highest BCUT2D eigenvalue weighted by Crippen LogP contribution is 2.60. The van der Waals surface area contributed by atoms with Gasteiger partial charge in [0.2, 0.25) is 5.91 Å². The second-order valence-electron chi connectivity index (χ2n) is 7.81. The first-order valence-corrected chi connectivity index (χ1v) is 8.96. The molecule has 118 valence electrons. The average Bonchev–Trinajstić information content (AvgIpc) is 2.42. The number of amides is 1. The third-order valence-electron chi connectivity index (χ3n) is 6.55. The van der Waals surface area contributed by atoms with Gasteiger partial charge in [0.25, 0.3) is 0 Å². The van der Waals surface area contributed by atoms with Crippen LogP contribution in [0.25, 0.3) is 0 Å². The zero-order chi connectivity index (χ0) is 15.3. The number of nitrogens with one attached hydrogen (secondary N) is 1. The van der Waals surface area contributed by atoms with Crippen LogP contribution in [-0.4, -0.2) is 16.4 Å². The summed E-state index contributed by atoms with van der Waals surface area (Å²) in [5.74, 6) is 2.58. The molecule has 4 rings (SSSR count). The molecule has 0 radical (unpaired) electrons. The molecule has 21 heavy (non-hydrogen) atoms. The van der Waals surface area contributed by atoms with Crippen molar-refractivity contribution in [3.8, 4) is 0 Å². The Labute approximate surface area is 133 Å². The lowest BCUT2D eigenvalue weighted by molar-refractivity contribution is -0.147. The molecule has 4 bridgehead atoms. The van der Waals surface area contributed by atoms with Crippen LogP contribution in [0.3, 0.4) is 0 Å². The van der Waals surface area contributed by atoms with E-state index >= 15 is 0 Å². The topological polar surface area (TPSA) is 55.1 Å². The van der Waals surface area contributed by atoms with Crippen LogP contribution in [-0.2, 0) is 4.79 Å². The maximum absolute atomic E-state index is 13.1. The molecule has 4 aliphatic rings. The molecule has 4 saturated carbocycles. The molecule has 0 spiro atoms. The standard InChI is InChI=1S/C17H28N2OS/c1-3-17(4-2,14(18)21)19-15(20)16-8-11-5-12(9-16)7-13(6-11)10-16/h11-13H,3-10H2,1-2H3,(H2,18,21)(H,19,20). The summed E-state index contributed by atoms with van der Waals surface area (Å²) in [6.45, 7) is 4.12. The second-order valence-corrected chi connectivity index (χ2v) is 8.25. The third kappa shape index (κ3) is 2.39. The van der Waals surface area contributed by atoms with Gasteiger partial charge in [-0.1, -0.05) is 26.1 Å². The van der Waals surface area contributed by atoms with Gasteiger partial charge in [0.05, 0.1) is 10.5 Å². The fourth-order valence-electron chi connectivity index (χ4n) is 5.58. The van der Waals surface area contributed by atoms with E-state index in [1.165, 1.54) is 19.3 Å². The van der Waals surface area contributed by atoms with Gasteiger partial charge in [-0.05, 0) is 69.1 Å². The summed E-state index contributed by atoms with van der Waals surface area (Å²) in [4.78, 5) is 13.5. The molecule has 0 heterocycles. The van der Waals surface area contributed by atoms with Crippen molar-refractivity contribution < 1.29 is 4.79 Å². The van der Waals surface area contributed by atoms with Gasteiger partial charge >= 0.3 is 0 Å². The van der Waals surface area contributed by atoms with Gasteiger partial charge in [0, 0.05) is 5.41 Å². The summed E-state index contributed by atoms with van der Waals surface area (Å²) in [5, 5.41) is 3.28. The number of hydrogen-bond acceptors (Lipinski definition) is 2. The van der Waals surface area contributed by atoms with E-state index in [9.17, 15) is 4.79 Å². The van der Waals surface area contributed by atoms with E-state index in [0.717, 1.165) is 49.9 Å². The van der Waals surface area contributed by atoms with Crippen LogP contribution in [0.5, 0.6) is 0 Å². The molecule has 4 heteroatoms. The predicted octanol–water partition coefficient (Wildman–Crippen LogP) is 3.16. The van der Waals surface area contributed by atoms with Crippen LogP contribution in [0.1, 0.15) is 65.2 Å². The quantitative estimate of drug-likeness (QED) is 0.767. The van der Waals surface area contributed by atoms with Crippen molar-refractivity contribution in [2.75, 3.05) is 0 Å². The fraction of sp³-hybridized carbons (Fsp3) is 0.882. The number of rotatable bonds is 5. The highest BCUT2D eigenvalue weighted by atomic mass is 32.1. The van der Waals surface area contributed by atoms with Crippen LogP contribution in [0.2, 0.25) is 0 Å². The lowest BCUT2D eigenvalue weighted by Crippen LogP contribution is -2.62. The maximum Gasteiger partial charge on any atom is 0.227 e. The molecule has 0 aromatic rings. The van der Waals surface area contributed by atoms with E-state index in [1.807, 2.05) is 0 Å². The summed E-state index contributed by atoms with van der Waals surface area (Å²) >= 11 is 5.25. The minimum Gasteiger partial charge on any atom is -0.391 e. The van der Waals surface area contributed by atoms with Gasteiger partial charge in [-0.3, -0.25) is 4.79 Å². The van der Waals surface area contributed by atoms with E-state index in [0.29, 0.717) is 4.99 Å². The molecule has 0 aromatic carbocycles. The van der Waals surface area contributed by atoms with Crippen molar-refractivity contribution in [1.29, 1.82) is 0 Å². The lowest BCUT2D eigenvalue weighted by atomic mass is 9.49. The highest BCUT2D eigenvalue weighted by molar-refractivity contribution is 7.80. The van der Waals surface area contributed by atoms with Crippen molar-refractivity contribution >= 4 is 23.1 Å². The van der Waals surface area contributed by atoms with E-state index in [2.05, 4.69) is 19.2 Å². The molecular weight excluding hydrogens is 280 g/mol. The van der Waals surface area contributed by atoms with Crippen LogP contribution in [0.4, 0.5) is 0 Å². The number of hydrogen-bond donors (Lipinski definition) is 2. The molecule has 0 saturated heterocycles. The van der Waals surface area contributed by atoms with Crippen molar-refractivity contribution in [2.24, 2.45) is 28.9 Å². The van der Waals surface area contributed by atoms with E-state index in [-0.39, 0.29) is 11.3 Å². The summed E-state index contributed by atoms with van der Waals surface area (Å²) in [7, 11) is 0. The van der Waals surface area contributed by atoms with Gasteiger partial charge in [0.1, 0.15) is 0 Å². The van der Waals surface area contributed by atoms with Crippen LogP contribution in [0.15, 0.2) is 0 Å². The Kier molecular flexibility index (Phi) is 3.79. The minimum absolute atomic E-state index is 0.116. The number of carbonyl (C=O) groups is 1. The monoisotopic (exact) mass is 308 g/mol. The van der Waals surface area contributed by atoms with E-state index in [1.54, 1.807) is 0 Å². The number of nitrogens with two attached hydrogens (primary N) is 1. The van der Waals surface area contributed by atoms with E-state index < -0.39 is 5.54 Å². The molecule has 4 aliphatic carbocycles. The number of thiocarbonyl (C=S) groups is 1. The van der Waals surface area contributed by atoms with Crippen LogP contribution in [0, 0.1) is 23.2 Å². The van der Waals surface area contributed by atoms with Gasteiger partial charge in [0.15, 0.2) is 0 Å². The molecule has 4 fully saturated rings. The zero-order valence-electron chi connectivity index (χ0n) is 13.3. The summed E-state index contributed by atoms with van der Waals surface area (Å²) in [6, 6.07) is 0. The van der Waals surface area contributed by atoms with Crippen molar-refractivity contribution in [2.45, 2.75) is 70.8 Å². The Morgan fingerprint density at radius 2 is 1.57 bits per heavy atom. The van der Waals surface area contributed by atoms with Crippen molar-refractivity contribution in [1.82, 2.24) is 5.32 Å². The highest BCUT2D eigenvalue weighted by Gasteiger charge is 2.55. The zero-order valence-corrected chi connectivity index (χ0v) is 14.1. The predicted molar refractivity (Wildman–Crippen MR) is 88.8 cm³/mol. The summed E-state index contributed by atoms with van der Waals surface area (Å²) in [5.41, 5.74) is 5.34. The van der Waals surface area contributed by atoms with Crippen molar-refractivity contribution in [3.63, 3.8) is 0 Å². The fourth-order valence-corrected chi connectivity index (χ4v) is 5.92. The van der Waals surface area contributed by atoms with Gasteiger partial charge in [-0.25, -0.2) is 0 Å². The number of carbonyl (C=O) groups excluding carboxylic acids is 1. The molecule has 0 atom stereocenters. The first kappa shape index (κ1) is 15.3. The SMILES string of the molecule is CCC(CC)(NC(=O)C12CC3CC(CC(C3)C1)C2)C(N)=S. The third-order valence-corrected chi connectivity index (χ3v) is 6.94. The summed E-state index contributed by atoms with van der Waals surface area (Å²) < 4.78 is 0. The average molecular weight is 308 g/mol. The second kappa shape index (κ2) is 5.22. The Morgan fingerprint density at radius 1 is 1.14 bits per heavy atom.